The average Bonchev–Trinajstić information content (AvgIpc) is 3.14. The van der Waals surface area contributed by atoms with E-state index in [9.17, 15) is 4.79 Å². The molecule has 1 aromatic heterocycles. The summed E-state index contributed by atoms with van der Waals surface area (Å²) >= 11 is 1.40. The molecule has 1 saturated carbocycles. The molecule has 1 aliphatic rings. The predicted molar refractivity (Wildman–Crippen MR) is 74.2 cm³/mol. The lowest BCUT2D eigenvalue weighted by Crippen LogP contribution is -2.35. The van der Waals surface area contributed by atoms with Crippen LogP contribution in [-0.2, 0) is 4.74 Å². The van der Waals surface area contributed by atoms with Gasteiger partial charge in [-0.15, -0.1) is 11.3 Å². The van der Waals surface area contributed by atoms with Crippen LogP contribution in [0.3, 0.4) is 0 Å². The summed E-state index contributed by atoms with van der Waals surface area (Å²) in [5.41, 5.74) is 0.701. The molecule has 102 valence electrons. The molecule has 0 spiro atoms. The summed E-state index contributed by atoms with van der Waals surface area (Å²) in [7, 11) is 1.64. The number of amides is 1. The summed E-state index contributed by atoms with van der Waals surface area (Å²) in [6.45, 7) is 0.968. The van der Waals surface area contributed by atoms with E-state index in [4.69, 9.17) is 9.84 Å². The Balaban J connectivity index is 2.14. The average molecular weight is 279 g/mol. The topological polar surface area (TPSA) is 49.8 Å². The third-order valence-corrected chi connectivity index (χ3v) is 3.85. The summed E-state index contributed by atoms with van der Waals surface area (Å²) in [5, 5.41) is 10.6. The van der Waals surface area contributed by atoms with Crippen LogP contribution < -0.4 is 0 Å². The van der Waals surface area contributed by atoms with Gasteiger partial charge in [0.25, 0.3) is 5.91 Å². The van der Waals surface area contributed by atoms with Gasteiger partial charge in [0, 0.05) is 25.3 Å². The molecular weight excluding hydrogens is 262 g/mol. The molecule has 0 bridgehead atoms. The standard InChI is InChI=1S/C14H17NO3S/c1-18-9-7-15(12-4-5-12)14(17)13-11(3-2-8-16)6-10-19-13/h6,10,12,16H,4-5,7-9H2,1H3. The van der Waals surface area contributed by atoms with Gasteiger partial charge in [0.15, 0.2) is 0 Å². The van der Waals surface area contributed by atoms with Crippen LogP contribution in [0.5, 0.6) is 0 Å². The first-order valence-corrected chi connectivity index (χ1v) is 7.13. The molecular formula is C14H17NO3S. The number of thiophene rings is 1. The Morgan fingerprint density at radius 3 is 3.05 bits per heavy atom. The van der Waals surface area contributed by atoms with E-state index in [1.54, 1.807) is 7.11 Å². The van der Waals surface area contributed by atoms with Crippen molar-refractivity contribution < 1.29 is 14.6 Å². The maximum absolute atomic E-state index is 12.5. The number of aliphatic hydroxyl groups is 1. The Labute approximate surface area is 117 Å². The molecule has 2 rings (SSSR count). The highest BCUT2D eigenvalue weighted by Crippen LogP contribution is 2.29. The molecule has 1 amide bonds. The van der Waals surface area contributed by atoms with Gasteiger partial charge in [-0.1, -0.05) is 11.8 Å². The highest BCUT2D eigenvalue weighted by molar-refractivity contribution is 7.12. The van der Waals surface area contributed by atoms with Gasteiger partial charge in [0.2, 0.25) is 0 Å². The molecule has 19 heavy (non-hydrogen) atoms. The van der Waals surface area contributed by atoms with Gasteiger partial charge in [-0.2, -0.15) is 0 Å². The zero-order chi connectivity index (χ0) is 13.7. The lowest BCUT2D eigenvalue weighted by atomic mass is 10.2. The van der Waals surface area contributed by atoms with E-state index in [0.29, 0.717) is 29.6 Å². The van der Waals surface area contributed by atoms with Crippen LogP contribution >= 0.6 is 11.3 Å². The minimum Gasteiger partial charge on any atom is -0.384 e. The molecule has 0 atom stereocenters. The van der Waals surface area contributed by atoms with E-state index in [1.807, 2.05) is 16.3 Å². The fourth-order valence-corrected chi connectivity index (χ4v) is 2.67. The zero-order valence-electron chi connectivity index (χ0n) is 10.9. The van der Waals surface area contributed by atoms with Crippen molar-refractivity contribution in [2.24, 2.45) is 0 Å². The number of carbonyl (C=O) groups excluding carboxylic acids is 1. The molecule has 1 fully saturated rings. The Morgan fingerprint density at radius 1 is 1.63 bits per heavy atom. The number of nitrogens with zero attached hydrogens (tertiary/aromatic N) is 1. The molecule has 1 aliphatic carbocycles. The van der Waals surface area contributed by atoms with Crippen molar-refractivity contribution in [3.8, 4) is 11.8 Å². The quantitative estimate of drug-likeness (QED) is 0.828. The highest BCUT2D eigenvalue weighted by atomic mass is 32.1. The van der Waals surface area contributed by atoms with Gasteiger partial charge in [-0.25, -0.2) is 0 Å². The van der Waals surface area contributed by atoms with Crippen LogP contribution in [0.2, 0.25) is 0 Å². The number of hydrogen-bond acceptors (Lipinski definition) is 4. The fourth-order valence-electron chi connectivity index (χ4n) is 1.86. The van der Waals surface area contributed by atoms with E-state index in [-0.39, 0.29) is 12.5 Å². The first-order chi connectivity index (χ1) is 9.27. The molecule has 0 aliphatic heterocycles. The van der Waals surface area contributed by atoms with Crippen molar-refractivity contribution in [3.63, 3.8) is 0 Å². The molecule has 1 aromatic rings. The van der Waals surface area contributed by atoms with Gasteiger partial charge in [0.1, 0.15) is 11.5 Å². The Hall–Kier alpha value is -1.35. The third-order valence-electron chi connectivity index (χ3n) is 2.95. The minimum absolute atomic E-state index is 0.0248. The second-order valence-electron chi connectivity index (χ2n) is 4.35. The summed E-state index contributed by atoms with van der Waals surface area (Å²) in [6, 6.07) is 2.17. The van der Waals surface area contributed by atoms with E-state index in [0.717, 1.165) is 12.8 Å². The molecule has 0 unspecified atom stereocenters. The van der Waals surface area contributed by atoms with Crippen LogP contribution in [0, 0.1) is 11.8 Å². The monoisotopic (exact) mass is 279 g/mol. The first-order valence-electron chi connectivity index (χ1n) is 6.25. The molecule has 0 radical (unpaired) electrons. The van der Waals surface area contributed by atoms with Crippen molar-refractivity contribution >= 4 is 17.2 Å². The molecule has 5 heteroatoms. The molecule has 0 aromatic carbocycles. The third kappa shape index (κ3) is 3.57. The summed E-state index contributed by atoms with van der Waals surface area (Å²) < 4.78 is 5.06. The zero-order valence-corrected chi connectivity index (χ0v) is 11.7. The smallest absolute Gasteiger partial charge is 0.265 e. The Bertz CT molecular complexity index is 496. The normalized spacial score (nSPS) is 13.8. The number of rotatable bonds is 5. The molecule has 4 nitrogen and oxygen atoms in total. The lowest BCUT2D eigenvalue weighted by Gasteiger charge is -2.21. The predicted octanol–water partition coefficient (Wildman–Crippen LogP) is 1.34. The van der Waals surface area contributed by atoms with Gasteiger partial charge in [0.05, 0.1) is 6.61 Å². The second kappa shape index (κ2) is 6.71. The number of methoxy groups -OCH3 is 1. The minimum atomic E-state index is -0.195. The number of ether oxygens (including phenoxy) is 1. The lowest BCUT2D eigenvalue weighted by molar-refractivity contribution is 0.0684. The van der Waals surface area contributed by atoms with Crippen molar-refractivity contribution in [2.45, 2.75) is 18.9 Å². The van der Waals surface area contributed by atoms with E-state index in [1.165, 1.54) is 11.3 Å². The largest absolute Gasteiger partial charge is 0.384 e. The molecule has 1 N–H and O–H groups in total. The maximum Gasteiger partial charge on any atom is 0.265 e. The Kier molecular flexibility index (Phi) is 4.97. The van der Waals surface area contributed by atoms with Gasteiger partial charge >= 0.3 is 0 Å². The van der Waals surface area contributed by atoms with Crippen LogP contribution in [0.1, 0.15) is 28.1 Å². The van der Waals surface area contributed by atoms with Gasteiger partial charge in [-0.05, 0) is 24.3 Å². The van der Waals surface area contributed by atoms with E-state index >= 15 is 0 Å². The van der Waals surface area contributed by atoms with E-state index < -0.39 is 0 Å². The van der Waals surface area contributed by atoms with Crippen molar-refractivity contribution in [3.05, 3.63) is 21.9 Å². The number of hydrogen-bond donors (Lipinski definition) is 1. The summed E-state index contributed by atoms with van der Waals surface area (Å²) in [4.78, 5) is 15.1. The SMILES string of the molecule is COCCN(C(=O)c1sccc1C#CCO)C1CC1. The highest BCUT2D eigenvalue weighted by Gasteiger charge is 2.33. The van der Waals surface area contributed by atoms with Crippen LogP contribution in [0.15, 0.2) is 11.4 Å². The van der Waals surface area contributed by atoms with Crippen molar-refractivity contribution in [2.75, 3.05) is 26.9 Å². The van der Waals surface area contributed by atoms with Crippen LogP contribution in [0.4, 0.5) is 0 Å². The second-order valence-corrected chi connectivity index (χ2v) is 5.26. The van der Waals surface area contributed by atoms with Gasteiger partial charge in [-0.3, -0.25) is 4.79 Å². The van der Waals surface area contributed by atoms with Crippen LogP contribution in [-0.4, -0.2) is 48.8 Å². The van der Waals surface area contributed by atoms with Gasteiger partial charge < -0.3 is 14.7 Å². The fraction of sp³-hybridized carbons (Fsp3) is 0.500. The van der Waals surface area contributed by atoms with Crippen LogP contribution in [0.25, 0.3) is 0 Å². The summed E-state index contributed by atoms with van der Waals surface area (Å²) in [6.07, 6.45) is 2.14. The summed E-state index contributed by atoms with van der Waals surface area (Å²) in [5.74, 6) is 5.44. The molecule has 1 heterocycles. The maximum atomic E-state index is 12.5. The first kappa shape index (κ1) is 14.1. The number of aliphatic hydroxyl groups excluding tert-OH is 1. The number of carbonyl (C=O) groups is 1. The Morgan fingerprint density at radius 2 is 2.42 bits per heavy atom. The van der Waals surface area contributed by atoms with Crippen molar-refractivity contribution in [1.29, 1.82) is 0 Å². The van der Waals surface area contributed by atoms with Crippen molar-refractivity contribution in [1.82, 2.24) is 4.90 Å². The molecule has 0 saturated heterocycles. The van der Waals surface area contributed by atoms with E-state index in [2.05, 4.69) is 11.8 Å².